The molecule has 0 aliphatic rings. The van der Waals surface area contributed by atoms with Gasteiger partial charge in [0.2, 0.25) is 5.56 Å². The van der Waals surface area contributed by atoms with Gasteiger partial charge >= 0.3 is 0 Å². The maximum atomic E-state index is 11.1. The van der Waals surface area contributed by atoms with Crippen molar-refractivity contribution >= 4 is 11.4 Å². The highest BCUT2D eigenvalue weighted by Crippen LogP contribution is 2.05. The third kappa shape index (κ3) is 4.43. The molecule has 0 aliphatic carbocycles. The third-order valence-electron chi connectivity index (χ3n) is 2.77. The summed E-state index contributed by atoms with van der Waals surface area (Å²) >= 11 is 0. The van der Waals surface area contributed by atoms with Crippen molar-refractivity contribution in [2.45, 2.75) is 19.8 Å². The fraction of sp³-hybridized carbons (Fsp3) is 0.200. The van der Waals surface area contributed by atoms with Crippen LogP contribution < -0.4 is 11.0 Å². The second-order valence-corrected chi connectivity index (χ2v) is 4.39. The van der Waals surface area contributed by atoms with Gasteiger partial charge in [0, 0.05) is 18.0 Å². The number of hydrogen-bond donors (Lipinski definition) is 2. The number of H-pyrrole nitrogens is 1. The van der Waals surface area contributed by atoms with Gasteiger partial charge in [-0.3, -0.25) is 10.2 Å². The number of aromatic nitrogens is 1. The first kappa shape index (κ1) is 13.1. The molecule has 0 saturated carbocycles. The zero-order valence-corrected chi connectivity index (χ0v) is 10.9. The Morgan fingerprint density at radius 3 is 2.79 bits per heavy atom. The minimum atomic E-state index is -0.137. The van der Waals surface area contributed by atoms with Crippen LogP contribution in [-0.2, 0) is 6.42 Å². The minimum absolute atomic E-state index is 0.137. The van der Waals surface area contributed by atoms with Crippen LogP contribution in [0.3, 0.4) is 0 Å². The summed E-state index contributed by atoms with van der Waals surface area (Å²) in [6.07, 6.45) is 3.45. The largest absolute Gasteiger partial charge is 0.329 e. The van der Waals surface area contributed by atoms with E-state index in [2.05, 4.69) is 27.6 Å². The van der Waals surface area contributed by atoms with E-state index in [0.717, 1.165) is 18.6 Å². The van der Waals surface area contributed by atoms with Crippen molar-refractivity contribution in [1.29, 1.82) is 0 Å². The standard InChI is InChI=1S/C15H17N3O/c1-12(7-8-13-5-3-2-4-6-13)17-18-14-9-10-16-15(19)11-14/h2-6,9-11H,7-8H2,1H3,(H2,16,18,19). The molecule has 0 spiro atoms. The summed E-state index contributed by atoms with van der Waals surface area (Å²) in [4.78, 5) is 13.7. The molecule has 0 atom stereocenters. The zero-order valence-electron chi connectivity index (χ0n) is 10.9. The number of aryl methyl sites for hydroxylation is 1. The first-order valence-electron chi connectivity index (χ1n) is 6.26. The monoisotopic (exact) mass is 255 g/mol. The second kappa shape index (κ2) is 6.54. The number of pyridine rings is 1. The van der Waals surface area contributed by atoms with Crippen molar-refractivity contribution in [3.05, 3.63) is 64.6 Å². The summed E-state index contributed by atoms with van der Waals surface area (Å²) in [5, 5.41) is 4.26. The highest BCUT2D eigenvalue weighted by atomic mass is 16.1. The lowest BCUT2D eigenvalue weighted by atomic mass is 10.1. The summed E-state index contributed by atoms with van der Waals surface area (Å²) in [6.45, 7) is 1.98. The van der Waals surface area contributed by atoms with Crippen molar-refractivity contribution in [2.24, 2.45) is 5.10 Å². The third-order valence-corrected chi connectivity index (χ3v) is 2.77. The van der Waals surface area contributed by atoms with Crippen LogP contribution in [0.2, 0.25) is 0 Å². The molecular weight excluding hydrogens is 238 g/mol. The molecule has 4 nitrogen and oxygen atoms in total. The normalized spacial score (nSPS) is 11.3. The summed E-state index contributed by atoms with van der Waals surface area (Å²) in [7, 11) is 0. The Bertz CT molecular complexity index is 602. The molecule has 2 aromatic rings. The second-order valence-electron chi connectivity index (χ2n) is 4.39. The van der Waals surface area contributed by atoms with Gasteiger partial charge in [-0.1, -0.05) is 30.3 Å². The molecule has 1 aromatic heterocycles. The van der Waals surface area contributed by atoms with Gasteiger partial charge in [-0.05, 0) is 31.4 Å². The molecule has 0 radical (unpaired) electrons. The number of rotatable bonds is 5. The van der Waals surface area contributed by atoms with Crippen LogP contribution in [0.25, 0.3) is 0 Å². The molecule has 0 amide bonds. The highest BCUT2D eigenvalue weighted by molar-refractivity contribution is 5.82. The molecule has 0 unspecified atom stereocenters. The van der Waals surface area contributed by atoms with Gasteiger partial charge in [-0.25, -0.2) is 0 Å². The van der Waals surface area contributed by atoms with Crippen LogP contribution in [-0.4, -0.2) is 10.7 Å². The van der Waals surface area contributed by atoms with Crippen LogP contribution >= 0.6 is 0 Å². The fourth-order valence-electron chi connectivity index (χ4n) is 1.70. The van der Waals surface area contributed by atoms with Crippen LogP contribution in [0.1, 0.15) is 18.9 Å². The molecule has 98 valence electrons. The van der Waals surface area contributed by atoms with Crippen LogP contribution in [0, 0.1) is 0 Å². The quantitative estimate of drug-likeness (QED) is 0.637. The predicted octanol–water partition coefficient (Wildman–Crippen LogP) is 2.80. The lowest BCUT2D eigenvalue weighted by molar-refractivity contribution is 1.02. The summed E-state index contributed by atoms with van der Waals surface area (Å²) in [5.74, 6) is 0. The van der Waals surface area contributed by atoms with Gasteiger partial charge in [0.25, 0.3) is 0 Å². The van der Waals surface area contributed by atoms with E-state index in [9.17, 15) is 4.79 Å². The summed E-state index contributed by atoms with van der Waals surface area (Å²) in [5.41, 5.74) is 5.75. The topological polar surface area (TPSA) is 57.2 Å². The predicted molar refractivity (Wildman–Crippen MR) is 78.6 cm³/mol. The zero-order chi connectivity index (χ0) is 13.5. The molecule has 19 heavy (non-hydrogen) atoms. The summed E-state index contributed by atoms with van der Waals surface area (Å²) < 4.78 is 0. The number of aromatic amines is 1. The van der Waals surface area contributed by atoms with Crippen molar-refractivity contribution < 1.29 is 0 Å². The van der Waals surface area contributed by atoms with E-state index in [-0.39, 0.29) is 5.56 Å². The van der Waals surface area contributed by atoms with Gasteiger partial charge in [0.1, 0.15) is 0 Å². The van der Waals surface area contributed by atoms with Crippen molar-refractivity contribution in [1.82, 2.24) is 4.98 Å². The lowest BCUT2D eigenvalue weighted by Gasteiger charge is -2.03. The van der Waals surface area contributed by atoms with E-state index >= 15 is 0 Å². The summed E-state index contributed by atoms with van der Waals surface area (Å²) in [6, 6.07) is 13.6. The van der Waals surface area contributed by atoms with E-state index < -0.39 is 0 Å². The van der Waals surface area contributed by atoms with E-state index in [1.54, 1.807) is 12.3 Å². The molecule has 0 aliphatic heterocycles. The maximum absolute atomic E-state index is 11.1. The SMILES string of the molecule is CC(CCc1ccccc1)=NNc1cc[nH]c(=O)c1. The molecule has 2 rings (SSSR count). The number of hydrogen-bond acceptors (Lipinski definition) is 3. The van der Waals surface area contributed by atoms with E-state index in [0.29, 0.717) is 5.69 Å². The van der Waals surface area contributed by atoms with Crippen LogP contribution in [0.4, 0.5) is 5.69 Å². The molecule has 0 saturated heterocycles. The Balaban J connectivity index is 1.88. The molecule has 2 N–H and O–H groups in total. The van der Waals surface area contributed by atoms with Gasteiger partial charge in [0.15, 0.2) is 0 Å². The fourth-order valence-corrected chi connectivity index (χ4v) is 1.70. The van der Waals surface area contributed by atoms with E-state index in [4.69, 9.17) is 0 Å². The van der Waals surface area contributed by atoms with Gasteiger partial charge in [-0.15, -0.1) is 0 Å². The lowest BCUT2D eigenvalue weighted by Crippen LogP contribution is -2.05. The Labute approximate surface area is 112 Å². The molecule has 1 aromatic carbocycles. The number of nitrogens with one attached hydrogen (secondary N) is 2. The minimum Gasteiger partial charge on any atom is -0.329 e. The first-order chi connectivity index (χ1) is 9.24. The van der Waals surface area contributed by atoms with E-state index in [1.807, 2.05) is 25.1 Å². The molecular formula is C15H17N3O. The van der Waals surface area contributed by atoms with Crippen molar-refractivity contribution in [3.63, 3.8) is 0 Å². The number of nitrogens with zero attached hydrogens (tertiary/aromatic N) is 1. The molecule has 1 heterocycles. The van der Waals surface area contributed by atoms with Crippen molar-refractivity contribution in [2.75, 3.05) is 5.43 Å². The maximum Gasteiger partial charge on any atom is 0.250 e. The molecule has 0 bridgehead atoms. The average molecular weight is 255 g/mol. The molecule has 0 fully saturated rings. The number of hydrazone groups is 1. The number of benzene rings is 1. The Kier molecular flexibility index (Phi) is 4.50. The smallest absolute Gasteiger partial charge is 0.250 e. The Morgan fingerprint density at radius 2 is 2.05 bits per heavy atom. The van der Waals surface area contributed by atoms with Crippen LogP contribution in [0.15, 0.2) is 58.6 Å². The first-order valence-corrected chi connectivity index (χ1v) is 6.26. The molecule has 4 heteroatoms. The average Bonchev–Trinajstić information content (AvgIpc) is 2.44. The van der Waals surface area contributed by atoms with Gasteiger partial charge in [-0.2, -0.15) is 5.10 Å². The number of anilines is 1. The van der Waals surface area contributed by atoms with Gasteiger partial charge < -0.3 is 4.98 Å². The Hall–Kier alpha value is -2.36. The van der Waals surface area contributed by atoms with Crippen molar-refractivity contribution in [3.8, 4) is 0 Å². The van der Waals surface area contributed by atoms with Gasteiger partial charge in [0.05, 0.1) is 5.69 Å². The van der Waals surface area contributed by atoms with Crippen LogP contribution in [0.5, 0.6) is 0 Å². The van der Waals surface area contributed by atoms with E-state index in [1.165, 1.54) is 11.6 Å². The Morgan fingerprint density at radius 1 is 1.26 bits per heavy atom. The highest BCUT2D eigenvalue weighted by Gasteiger charge is 1.96.